The van der Waals surface area contributed by atoms with Gasteiger partial charge < -0.3 is 10.0 Å². The normalized spacial score (nSPS) is 10.3. The number of hydrogen-bond donors (Lipinski definition) is 1. The highest BCUT2D eigenvalue weighted by Crippen LogP contribution is 2.19. The number of phenolic OH excluding ortho intramolecular Hbond substituents is 1. The summed E-state index contributed by atoms with van der Waals surface area (Å²) in [5.74, 6) is 0.0968. The van der Waals surface area contributed by atoms with Gasteiger partial charge in [-0.05, 0) is 12.1 Å². The number of anilines is 1. The summed E-state index contributed by atoms with van der Waals surface area (Å²) in [4.78, 5) is 13.4. The van der Waals surface area contributed by atoms with Crippen LogP contribution in [0.4, 0.5) is 5.69 Å². The molecule has 0 aliphatic heterocycles. The van der Waals surface area contributed by atoms with Crippen molar-refractivity contribution >= 4 is 11.6 Å². The predicted octanol–water partition coefficient (Wildman–Crippen LogP) is 1.04. The third-order valence-corrected chi connectivity index (χ3v) is 2.62. The van der Waals surface area contributed by atoms with Gasteiger partial charge in [-0.15, -0.1) is 5.10 Å². The van der Waals surface area contributed by atoms with Gasteiger partial charge in [-0.25, -0.2) is 0 Å². The van der Waals surface area contributed by atoms with E-state index >= 15 is 0 Å². The van der Waals surface area contributed by atoms with Crippen molar-refractivity contribution in [3.63, 3.8) is 0 Å². The van der Waals surface area contributed by atoms with Gasteiger partial charge in [-0.2, -0.15) is 0 Å². The van der Waals surface area contributed by atoms with Crippen LogP contribution in [-0.4, -0.2) is 33.1 Å². The number of hydrogen-bond acceptors (Lipinski definition) is 4. The molecular formula is C12H14N4O2. The second kappa shape index (κ2) is 5.31. The van der Waals surface area contributed by atoms with E-state index in [2.05, 4.69) is 10.3 Å². The molecule has 1 N–H and O–H groups in total. The molecule has 1 aromatic carbocycles. The quantitative estimate of drug-likeness (QED) is 0.874. The molecule has 2 aromatic rings. The lowest BCUT2D eigenvalue weighted by Crippen LogP contribution is -2.27. The molecule has 18 heavy (non-hydrogen) atoms. The highest BCUT2D eigenvalue weighted by molar-refractivity contribution is 5.92. The van der Waals surface area contributed by atoms with Gasteiger partial charge in [0.05, 0.1) is 12.7 Å². The van der Waals surface area contributed by atoms with Crippen LogP contribution in [0.2, 0.25) is 0 Å². The van der Waals surface area contributed by atoms with Gasteiger partial charge in [0.1, 0.15) is 5.75 Å². The number of nitrogens with zero attached hydrogens (tertiary/aromatic N) is 4. The molecule has 6 heteroatoms. The van der Waals surface area contributed by atoms with Gasteiger partial charge in [-0.3, -0.25) is 9.48 Å². The van der Waals surface area contributed by atoms with Crippen LogP contribution in [0.1, 0.15) is 6.42 Å². The minimum Gasteiger partial charge on any atom is -0.508 e. The number of carbonyl (C=O) groups is 1. The van der Waals surface area contributed by atoms with Crippen LogP contribution in [0, 0.1) is 0 Å². The first-order chi connectivity index (χ1) is 8.66. The van der Waals surface area contributed by atoms with Crippen LogP contribution < -0.4 is 4.90 Å². The Kier molecular flexibility index (Phi) is 3.57. The van der Waals surface area contributed by atoms with Crippen LogP contribution in [-0.2, 0) is 11.3 Å². The van der Waals surface area contributed by atoms with E-state index in [1.54, 1.807) is 48.4 Å². The number of aromatic hydroxyl groups is 1. The second-order valence-electron chi connectivity index (χ2n) is 3.89. The zero-order chi connectivity index (χ0) is 13.0. The predicted molar refractivity (Wildman–Crippen MR) is 66.2 cm³/mol. The maximum absolute atomic E-state index is 11.9. The fourth-order valence-electron chi connectivity index (χ4n) is 1.58. The number of amides is 1. The molecule has 0 aliphatic carbocycles. The monoisotopic (exact) mass is 246 g/mol. The van der Waals surface area contributed by atoms with Crippen LogP contribution in [0.15, 0.2) is 36.7 Å². The summed E-state index contributed by atoms with van der Waals surface area (Å²) < 4.78 is 1.61. The molecule has 0 aliphatic rings. The Balaban J connectivity index is 1.96. The lowest BCUT2D eigenvalue weighted by Gasteiger charge is -2.17. The van der Waals surface area contributed by atoms with Gasteiger partial charge in [0, 0.05) is 31.4 Å². The Labute approximate surface area is 104 Å². The minimum atomic E-state index is -0.0453. The van der Waals surface area contributed by atoms with Crippen LogP contribution >= 0.6 is 0 Å². The molecule has 1 heterocycles. The molecule has 2 rings (SSSR count). The number of rotatable bonds is 4. The van der Waals surface area contributed by atoms with E-state index in [9.17, 15) is 9.90 Å². The van der Waals surface area contributed by atoms with Gasteiger partial charge in [-0.1, -0.05) is 11.3 Å². The molecule has 0 spiro atoms. The van der Waals surface area contributed by atoms with Crippen molar-refractivity contribution in [2.24, 2.45) is 0 Å². The number of carbonyl (C=O) groups excluding carboxylic acids is 1. The molecular weight excluding hydrogens is 232 g/mol. The molecule has 0 bridgehead atoms. The number of aromatic nitrogens is 3. The average Bonchev–Trinajstić information content (AvgIpc) is 2.88. The maximum Gasteiger partial charge on any atom is 0.228 e. The van der Waals surface area contributed by atoms with E-state index in [0.717, 1.165) is 0 Å². The second-order valence-corrected chi connectivity index (χ2v) is 3.89. The molecule has 0 radical (unpaired) electrons. The summed E-state index contributed by atoms with van der Waals surface area (Å²) in [5, 5.41) is 16.8. The van der Waals surface area contributed by atoms with E-state index in [-0.39, 0.29) is 11.7 Å². The molecule has 0 atom stereocenters. The van der Waals surface area contributed by atoms with Crippen molar-refractivity contribution in [1.82, 2.24) is 15.0 Å². The fourth-order valence-corrected chi connectivity index (χ4v) is 1.58. The van der Waals surface area contributed by atoms with E-state index in [1.807, 2.05) is 0 Å². The van der Waals surface area contributed by atoms with E-state index < -0.39 is 0 Å². The topological polar surface area (TPSA) is 71.2 Å². The first-order valence-corrected chi connectivity index (χ1v) is 5.56. The molecule has 0 fully saturated rings. The molecule has 0 saturated heterocycles. The molecule has 0 saturated carbocycles. The van der Waals surface area contributed by atoms with E-state index in [0.29, 0.717) is 18.7 Å². The zero-order valence-corrected chi connectivity index (χ0v) is 10.0. The summed E-state index contributed by atoms with van der Waals surface area (Å²) in [5.41, 5.74) is 0.665. The summed E-state index contributed by atoms with van der Waals surface area (Å²) in [6.07, 6.45) is 3.61. The highest BCUT2D eigenvalue weighted by Gasteiger charge is 2.11. The van der Waals surface area contributed by atoms with Crippen molar-refractivity contribution in [2.45, 2.75) is 13.0 Å². The first kappa shape index (κ1) is 12.1. The molecule has 1 aromatic heterocycles. The first-order valence-electron chi connectivity index (χ1n) is 5.56. The maximum atomic E-state index is 11.9. The van der Waals surface area contributed by atoms with Crippen LogP contribution in [0.25, 0.3) is 0 Å². The number of aryl methyl sites for hydroxylation is 1. The van der Waals surface area contributed by atoms with Crippen LogP contribution in [0.5, 0.6) is 5.75 Å². The lowest BCUT2D eigenvalue weighted by atomic mass is 10.2. The molecule has 1 amide bonds. The van der Waals surface area contributed by atoms with Crippen molar-refractivity contribution in [3.8, 4) is 5.75 Å². The Morgan fingerprint density at radius 3 is 3.00 bits per heavy atom. The third-order valence-electron chi connectivity index (χ3n) is 2.62. The molecule has 0 unspecified atom stereocenters. The van der Waals surface area contributed by atoms with Crippen molar-refractivity contribution in [1.29, 1.82) is 0 Å². The minimum absolute atomic E-state index is 0.0453. The lowest BCUT2D eigenvalue weighted by molar-refractivity contribution is -0.118. The fraction of sp³-hybridized carbons (Fsp3) is 0.250. The highest BCUT2D eigenvalue weighted by atomic mass is 16.3. The van der Waals surface area contributed by atoms with Crippen molar-refractivity contribution in [3.05, 3.63) is 36.7 Å². The Bertz CT molecular complexity index is 525. The van der Waals surface area contributed by atoms with E-state index in [1.165, 1.54) is 4.90 Å². The third kappa shape index (κ3) is 2.85. The molecule has 6 nitrogen and oxygen atoms in total. The summed E-state index contributed by atoms with van der Waals surface area (Å²) in [6.45, 7) is 0.488. The van der Waals surface area contributed by atoms with Crippen molar-refractivity contribution in [2.75, 3.05) is 11.9 Å². The van der Waals surface area contributed by atoms with Crippen molar-refractivity contribution < 1.29 is 9.90 Å². The standard InChI is InChI=1S/C12H14N4O2/c1-15(10-3-2-4-11(17)9-10)12(18)5-7-16-8-6-13-14-16/h2-4,6,8-9,17H,5,7H2,1H3. The van der Waals surface area contributed by atoms with Gasteiger partial charge >= 0.3 is 0 Å². The van der Waals surface area contributed by atoms with Gasteiger partial charge in [0.15, 0.2) is 0 Å². The summed E-state index contributed by atoms with van der Waals surface area (Å²) in [6, 6.07) is 6.59. The zero-order valence-electron chi connectivity index (χ0n) is 10.0. The largest absolute Gasteiger partial charge is 0.508 e. The average molecular weight is 246 g/mol. The van der Waals surface area contributed by atoms with Gasteiger partial charge in [0.25, 0.3) is 0 Å². The summed E-state index contributed by atoms with van der Waals surface area (Å²) in [7, 11) is 1.68. The van der Waals surface area contributed by atoms with Crippen LogP contribution in [0.3, 0.4) is 0 Å². The smallest absolute Gasteiger partial charge is 0.228 e. The Morgan fingerprint density at radius 2 is 2.33 bits per heavy atom. The molecule has 94 valence electrons. The van der Waals surface area contributed by atoms with Gasteiger partial charge in [0.2, 0.25) is 5.91 Å². The van der Waals surface area contributed by atoms with E-state index in [4.69, 9.17) is 0 Å². The number of phenols is 1. The SMILES string of the molecule is CN(C(=O)CCn1ccnn1)c1cccc(O)c1. The number of benzene rings is 1. The summed E-state index contributed by atoms with van der Waals surface area (Å²) >= 11 is 0. The Morgan fingerprint density at radius 1 is 1.50 bits per heavy atom. The Hall–Kier alpha value is -2.37.